The van der Waals surface area contributed by atoms with Crippen molar-refractivity contribution >= 4 is 24.2 Å². The fourth-order valence-corrected chi connectivity index (χ4v) is 3.41. The van der Waals surface area contributed by atoms with Crippen molar-refractivity contribution < 1.29 is 48.0 Å². The van der Waals surface area contributed by atoms with Gasteiger partial charge in [0.2, 0.25) is 0 Å². The smallest absolute Gasteiger partial charge is 0.480 e. The Morgan fingerprint density at radius 2 is 1.47 bits per heavy atom. The lowest BCUT2D eigenvalue weighted by Gasteiger charge is -2.28. The lowest BCUT2D eigenvalue weighted by molar-refractivity contribution is -0.144. The molecule has 1 unspecified atom stereocenters. The van der Waals surface area contributed by atoms with Crippen molar-refractivity contribution in [1.82, 2.24) is 0 Å². The molecule has 0 aliphatic rings. The third-order valence-corrected chi connectivity index (χ3v) is 5.16. The highest BCUT2D eigenvalue weighted by atomic mass is 16.7. The highest BCUT2D eigenvalue weighted by molar-refractivity contribution is 5.89. The number of carboxylic acids is 1. The number of carbonyl (C=O) groups excluding carboxylic acids is 3. The molecule has 0 fully saturated rings. The van der Waals surface area contributed by atoms with E-state index in [1.54, 1.807) is 44.2 Å². The van der Waals surface area contributed by atoms with E-state index in [9.17, 15) is 24.3 Å². The molecule has 2 rings (SSSR count). The summed E-state index contributed by atoms with van der Waals surface area (Å²) in [6.07, 6.45) is -2.17. The van der Waals surface area contributed by atoms with E-state index in [-0.39, 0.29) is 37.6 Å². The van der Waals surface area contributed by atoms with E-state index in [1.807, 2.05) is 6.92 Å². The summed E-state index contributed by atoms with van der Waals surface area (Å²) in [5, 5.41) is 9.90. The SMILES string of the molecule is CCCOC(=O)Oc1ccc(CC(N)(C[C@H](C)OC(=O)c2ccccc2)C(=O)O)cc1OC(=O)OCCC. The molecule has 38 heavy (non-hydrogen) atoms. The molecule has 0 amide bonds. The summed E-state index contributed by atoms with van der Waals surface area (Å²) in [5.74, 6) is -2.25. The summed E-state index contributed by atoms with van der Waals surface area (Å²) in [7, 11) is 0. The third kappa shape index (κ3) is 9.40. The number of hydrogen-bond donors (Lipinski definition) is 2. The van der Waals surface area contributed by atoms with Gasteiger partial charge in [0, 0.05) is 12.8 Å². The number of hydrogen-bond acceptors (Lipinski definition) is 10. The zero-order chi connectivity index (χ0) is 28.1. The van der Waals surface area contributed by atoms with Gasteiger partial charge >= 0.3 is 24.2 Å². The van der Waals surface area contributed by atoms with Gasteiger partial charge in [0.1, 0.15) is 11.6 Å². The van der Waals surface area contributed by atoms with Gasteiger partial charge in [0.05, 0.1) is 18.8 Å². The van der Waals surface area contributed by atoms with Crippen LogP contribution in [0.3, 0.4) is 0 Å². The van der Waals surface area contributed by atoms with E-state index < -0.39 is 35.9 Å². The maximum atomic E-state index is 12.4. The van der Waals surface area contributed by atoms with Crippen molar-refractivity contribution in [3.63, 3.8) is 0 Å². The normalized spacial score (nSPS) is 12.9. The van der Waals surface area contributed by atoms with Crippen molar-refractivity contribution in [2.45, 2.75) is 58.1 Å². The molecular weight excluding hydrogens is 498 g/mol. The summed E-state index contributed by atoms with van der Waals surface area (Å²) in [4.78, 5) is 48.5. The molecule has 0 heterocycles. The molecule has 0 aliphatic heterocycles. The Hall–Kier alpha value is -4.12. The molecule has 2 aromatic rings. The van der Waals surface area contributed by atoms with Gasteiger partial charge in [-0.05, 0) is 49.6 Å². The number of rotatable bonds is 13. The number of carboxylic acid groups (broad SMARTS) is 1. The van der Waals surface area contributed by atoms with E-state index >= 15 is 0 Å². The first kappa shape index (κ1) is 30.1. The quantitative estimate of drug-likeness (QED) is 0.213. The van der Waals surface area contributed by atoms with Crippen LogP contribution in [0, 0.1) is 0 Å². The number of carbonyl (C=O) groups is 4. The molecule has 0 spiro atoms. The average molecular weight is 532 g/mol. The largest absolute Gasteiger partial charge is 0.513 e. The summed E-state index contributed by atoms with van der Waals surface area (Å²) < 4.78 is 25.5. The standard InChI is InChI=1S/C27H33NO10/c1-4-13-34-25(32)37-21-12-11-19(15-22(21)38-26(33)35-14-5-2)17-27(28,24(30)31)16-18(3)36-23(29)20-9-7-6-8-10-20/h6-12,15,18H,4-5,13-14,16-17,28H2,1-3H3,(H,30,31)/t18-,27?/m0/s1. The summed E-state index contributed by atoms with van der Waals surface area (Å²) in [6, 6.07) is 12.4. The topological polar surface area (TPSA) is 161 Å². The molecule has 0 aromatic heterocycles. The molecule has 0 saturated heterocycles. The molecule has 11 heteroatoms. The summed E-state index contributed by atoms with van der Waals surface area (Å²) in [6.45, 7) is 5.40. The van der Waals surface area contributed by atoms with Gasteiger partial charge in [0.15, 0.2) is 11.5 Å². The Morgan fingerprint density at radius 1 is 0.895 bits per heavy atom. The fraction of sp³-hybridized carbons (Fsp3) is 0.407. The highest BCUT2D eigenvalue weighted by Gasteiger charge is 2.37. The molecule has 11 nitrogen and oxygen atoms in total. The minimum atomic E-state index is -1.85. The van der Waals surface area contributed by atoms with Crippen LogP contribution in [0.4, 0.5) is 9.59 Å². The number of aliphatic carboxylic acids is 1. The monoisotopic (exact) mass is 531 g/mol. The van der Waals surface area contributed by atoms with E-state index in [2.05, 4.69) is 0 Å². The predicted octanol–water partition coefficient (Wildman–Crippen LogP) is 4.50. The van der Waals surface area contributed by atoms with Crippen LogP contribution in [-0.2, 0) is 25.4 Å². The molecule has 0 saturated carbocycles. The Labute approximate surface area is 220 Å². The Balaban J connectivity index is 2.23. The van der Waals surface area contributed by atoms with Crippen molar-refractivity contribution in [2.24, 2.45) is 5.73 Å². The van der Waals surface area contributed by atoms with Crippen LogP contribution in [0.1, 0.15) is 56.0 Å². The number of ether oxygens (including phenoxy) is 5. The third-order valence-electron chi connectivity index (χ3n) is 5.16. The van der Waals surface area contributed by atoms with Gasteiger partial charge in [-0.3, -0.25) is 4.79 Å². The molecule has 3 N–H and O–H groups in total. The van der Waals surface area contributed by atoms with Crippen LogP contribution in [0.15, 0.2) is 48.5 Å². The molecular formula is C27H33NO10. The second-order valence-electron chi connectivity index (χ2n) is 8.61. The summed E-state index contributed by atoms with van der Waals surface area (Å²) >= 11 is 0. The minimum absolute atomic E-state index is 0.109. The molecule has 2 atom stereocenters. The van der Waals surface area contributed by atoms with E-state index in [0.29, 0.717) is 24.0 Å². The van der Waals surface area contributed by atoms with Crippen molar-refractivity contribution in [3.8, 4) is 11.5 Å². The van der Waals surface area contributed by atoms with Crippen LogP contribution in [0.25, 0.3) is 0 Å². The molecule has 0 bridgehead atoms. The second-order valence-corrected chi connectivity index (χ2v) is 8.61. The molecule has 2 aromatic carbocycles. The number of benzene rings is 2. The van der Waals surface area contributed by atoms with Gasteiger partial charge in [-0.15, -0.1) is 0 Å². The average Bonchev–Trinajstić information content (AvgIpc) is 2.88. The second kappa shape index (κ2) is 14.6. The van der Waals surface area contributed by atoms with Gasteiger partial charge in [0.25, 0.3) is 0 Å². The van der Waals surface area contributed by atoms with Crippen LogP contribution < -0.4 is 15.2 Å². The maximum Gasteiger partial charge on any atom is 0.513 e. The van der Waals surface area contributed by atoms with Gasteiger partial charge in [-0.1, -0.05) is 38.1 Å². The Bertz CT molecular complexity index is 1100. The van der Waals surface area contributed by atoms with Gasteiger partial charge in [-0.25, -0.2) is 14.4 Å². The predicted molar refractivity (Wildman–Crippen MR) is 135 cm³/mol. The van der Waals surface area contributed by atoms with Crippen LogP contribution >= 0.6 is 0 Å². The first-order valence-electron chi connectivity index (χ1n) is 12.2. The zero-order valence-corrected chi connectivity index (χ0v) is 21.6. The fourth-order valence-electron chi connectivity index (χ4n) is 3.41. The maximum absolute atomic E-state index is 12.4. The Kier molecular flexibility index (Phi) is 11.5. The van der Waals surface area contributed by atoms with Crippen LogP contribution in [-0.4, -0.2) is 54.2 Å². The number of esters is 1. The van der Waals surface area contributed by atoms with E-state index in [1.165, 1.54) is 18.2 Å². The lowest BCUT2D eigenvalue weighted by atomic mass is 9.86. The molecule has 0 aliphatic carbocycles. The molecule has 0 radical (unpaired) electrons. The van der Waals surface area contributed by atoms with E-state index in [4.69, 9.17) is 29.4 Å². The van der Waals surface area contributed by atoms with Crippen molar-refractivity contribution in [3.05, 3.63) is 59.7 Å². The van der Waals surface area contributed by atoms with Crippen LogP contribution in [0.5, 0.6) is 11.5 Å². The minimum Gasteiger partial charge on any atom is -0.480 e. The summed E-state index contributed by atoms with van der Waals surface area (Å²) in [5.41, 5.74) is 5.07. The molecule has 206 valence electrons. The first-order chi connectivity index (χ1) is 18.1. The van der Waals surface area contributed by atoms with E-state index in [0.717, 1.165) is 0 Å². The van der Waals surface area contributed by atoms with Crippen molar-refractivity contribution in [2.75, 3.05) is 13.2 Å². The Morgan fingerprint density at radius 3 is 2.03 bits per heavy atom. The lowest BCUT2D eigenvalue weighted by Crippen LogP contribution is -2.52. The zero-order valence-electron chi connectivity index (χ0n) is 21.6. The van der Waals surface area contributed by atoms with Gasteiger partial charge in [-0.2, -0.15) is 0 Å². The highest BCUT2D eigenvalue weighted by Crippen LogP contribution is 2.31. The first-order valence-corrected chi connectivity index (χ1v) is 12.2. The van der Waals surface area contributed by atoms with Gasteiger partial charge < -0.3 is 34.5 Å². The number of nitrogens with two attached hydrogens (primary N) is 1. The van der Waals surface area contributed by atoms with Crippen LogP contribution in [0.2, 0.25) is 0 Å². The van der Waals surface area contributed by atoms with Crippen molar-refractivity contribution in [1.29, 1.82) is 0 Å².